The van der Waals surface area contributed by atoms with Crippen LogP contribution in [-0.4, -0.2) is 39.2 Å². The van der Waals surface area contributed by atoms with Gasteiger partial charge in [0.15, 0.2) is 11.1 Å². The highest BCUT2D eigenvalue weighted by molar-refractivity contribution is 14.0. The van der Waals surface area contributed by atoms with E-state index in [1.807, 2.05) is 43.3 Å². The lowest BCUT2D eigenvalue weighted by atomic mass is 10.2. The van der Waals surface area contributed by atoms with E-state index < -0.39 is 0 Å². The Morgan fingerprint density at radius 2 is 2.04 bits per heavy atom. The minimum absolute atomic E-state index is 0. The highest BCUT2D eigenvalue weighted by Crippen LogP contribution is 2.17. The zero-order valence-electron chi connectivity index (χ0n) is 14.4. The summed E-state index contributed by atoms with van der Waals surface area (Å²) in [5.74, 6) is 1.60. The van der Waals surface area contributed by atoms with Crippen molar-refractivity contribution < 1.29 is 4.74 Å². The van der Waals surface area contributed by atoms with Crippen molar-refractivity contribution in [1.29, 1.82) is 0 Å². The average Bonchev–Trinajstić information content (AvgIpc) is 3.04. The quantitative estimate of drug-likeness (QED) is 0.394. The highest BCUT2D eigenvalue weighted by atomic mass is 127. The fraction of sp³-hybridized carbons (Fsp3) is 0.375. The third-order valence-corrected chi connectivity index (χ3v) is 4.23. The summed E-state index contributed by atoms with van der Waals surface area (Å²) in [5.41, 5.74) is 2.14. The van der Waals surface area contributed by atoms with Crippen LogP contribution in [0.3, 0.4) is 0 Å². The molecule has 0 saturated heterocycles. The summed E-state index contributed by atoms with van der Waals surface area (Å²) in [4.78, 5) is 10.8. The number of hydrogen-bond donors (Lipinski definition) is 2. The molecule has 132 valence electrons. The van der Waals surface area contributed by atoms with Crippen LogP contribution >= 0.6 is 35.3 Å². The molecule has 0 spiro atoms. The van der Waals surface area contributed by atoms with Crippen molar-refractivity contribution in [3.8, 4) is 5.75 Å². The summed E-state index contributed by atoms with van der Waals surface area (Å²) in [6.07, 6.45) is 0. The molecule has 0 saturated carbocycles. The molecule has 2 aromatic rings. The zero-order chi connectivity index (χ0) is 16.7. The molecule has 2 N–H and O–H groups in total. The van der Waals surface area contributed by atoms with Crippen LogP contribution in [0, 0.1) is 0 Å². The van der Waals surface area contributed by atoms with Gasteiger partial charge >= 0.3 is 0 Å². The lowest BCUT2D eigenvalue weighted by molar-refractivity contribution is 0.414. The van der Waals surface area contributed by atoms with Gasteiger partial charge in [0.2, 0.25) is 0 Å². The summed E-state index contributed by atoms with van der Waals surface area (Å²) in [7, 11) is 7.41. The molecule has 0 atom stereocenters. The van der Waals surface area contributed by atoms with Gasteiger partial charge < -0.3 is 20.3 Å². The van der Waals surface area contributed by atoms with Crippen LogP contribution < -0.4 is 20.3 Å². The van der Waals surface area contributed by atoms with E-state index in [1.165, 1.54) is 0 Å². The normalized spacial score (nSPS) is 10.8. The largest absolute Gasteiger partial charge is 0.497 e. The number of benzene rings is 1. The van der Waals surface area contributed by atoms with Crippen LogP contribution in [0.2, 0.25) is 0 Å². The van der Waals surface area contributed by atoms with Gasteiger partial charge in [0, 0.05) is 33.1 Å². The van der Waals surface area contributed by atoms with Gasteiger partial charge in [-0.25, -0.2) is 4.98 Å². The second-order valence-corrected chi connectivity index (χ2v) is 5.98. The van der Waals surface area contributed by atoms with E-state index in [0.29, 0.717) is 13.1 Å². The second kappa shape index (κ2) is 10.3. The van der Waals surface area contributed by atoms with E-state index in [2.05, 4.69) is 26.0 Å². The fourth-order valence-corrected chi connectivity index (χ4v) is 2.70. The van der Waals surface area contributed by atoms with Crippen LogP contribution in [0.5, 0.6) is 5.75 Å². The van der Waals surface area contributed by atoms with E-state index in [0.717, 1.165) is 28.1 Å². The Balaban J connectivity index is 0.00000288. The van der Waals surface area contributed by atoms with Crippen molar-refractivity contribution >= 4 is 46.4 Å². The van der Waals surface area contributed by atoms with Gasteiger partial charge in [-0.05, 0) is 17.7 Å². The molecular weight excluding hydrogens is 437 g/mol. The van der Waals surface area contributed by atoms with E-state index in [9.17, 15) is 0 Å². The van der Waals surface area contributed by atoms with Crippen LogP contribution in [-0.2, 0) is 13.1 Å². The number of guanidine groups is 1. The SMILES string of the molecule is CN=C(NCc1cccc(OC)c1)NCc1csc(N(C)C)n1.I. The second-order valence-electron chi connectivity index (χ2n) is 5.15. The Morgan fingerprint density at radius 1 is 1.29 bits per heavy atom. The van der Waals surface area contributed by atoms with Crippen molar-refractivity contribution in [2.24, 2.45) is 4.99 Å². The van der Waals surface area contributed by atoms with Crippen molar-refractivity contribution in [3.63, 3.8) is 0 Å². The van der Waals surface area contributed by atoms with E-state index in [1.54, 1.807) is 25.5 Å². The molecule has 0 fully saturated rings. The Kier molecular flexibility index (Phi) is 8.83. The molecule has 6 nitrogen and oxygen atoms in total. The summed E-state index contributed by atoms with van der Waals surface area (Å²) < 4.78 is 5.23. The van der Waals surface area contributed by atoms with Crippen LogP contribution in [0.4, 0.5) is 5.13 Å². The number of halogens is 1. The maximum absolute atomic E-state index is 5.23. The number of thiazole rings is 1. The Hall–Kier alpha value is -1.55. The smallest absolute Gasteiger partial charge is 0.191 e. The number of ether oxygens (including phenoxy) is 1. The number of aromatic nitrogens is 1. The third-order valence-electron chi connectivity index (χ3n) is 3.18. The Morgan fingerprint density at radius 3 is 2.67 bits per heavy atom. The van der Waals surface area contributed by atoms with Gasteiger partial charge in [-0.2, -0.15) is 0 Å². The topological polar surface area (TPSA) is 61.8 Å². The molecule has 0 aliphatic heterocycles. The fourth-order valence-electron chi connectivity index (χ4n) is 1.95. The van der Waals surface area contributed by atoms with Gasteiger partial charge in [0.05, 0.1) is 19.3 Å². The highest BCUT2D eigenvalue weighted by Gasteiger charge is 2.05. The predicted molar refractivity (Wildman–Crippen MR) is 112 cm³/mol. The molecule has 1 aromatic heterocycles. The zero-order valence-corrected chi connectivity index (χ0v) is 17.5. The minimum atomic E-state index is 0. The Labute approximate surface area is 164 Å². The molecule has 2 rings (SSSR count). The lowest BCUT2D eigenvalue weighted by Gasteiger charge is -2.12. The number of nitrogens with zero attached hydrogens (tertiary/aromatic N) is 3. The number of aliphatic imine (C=N–C) groups is 1. The van der Waals surface area contributed by atoms with Crippen molar-refractivity contribution in [3.05, 3.63) is 40.9 Å². The number of rotatable bonds is 6. The molecular formula is C16H24IN5OS. The predicted octanol–water partition coefficient (Wildman–Crippen LogP) is 2.70. The molecule has 24 heavy (non-hydrogen) atoms. The van der Waals surface area contributed by atoms with Crippen LogP contribution in [0.25, 0.3) is 0 Å². The van der Waals surface area contributed by atoms with Crippen molar-refractivity contribution in [2.75, 3.05) is 33.2 Å². The van der Waals surface area contributed by atoms with E-state index in [4.69, 9.17) is 4.74 Å². The first kappa shape index (κ1) is 20.5. The first-order chi connectivity index (χ1) is 11.1. The number of hydrogen-bond acceptors (Lipinski definition) is 5. The first-order valence-electron chi connectivity index (χ1n) is 7.31. The van der Waals surface area contributed by atoms with Gasteiger partial charge in [-0.3, -0.25) is 4.99 Å². The maximum Gasteiger partial charge on any atom is 0.191 e. The number of anilines is 1. The van der Waals surface area contributed by atoms with E-state index >= 15 is 0 Å². The van der Waals surface area contributed by atoms with Crippen molar-refractivity contribution in [2.45, 2.75) is 13.1 Å². The van der Waals surface area contributed by atoms with Gasteiger partial charge in [-0.15, -0.1) is 35.3 Å². The molecule has 1 aromatic carbocycles. The third kappa shape index (κ3) is 6.16. The van der Waals surface area contributed by atoms with Gasteiger partial charge in [0.25, 0.3) is 0 Å². The number of methoxy groups -OCH3 is 1. The van der Waals surface area contributed by atoms with Gasteiger partial charge in [-0.1, -0.05) is 12.1 Å². The summed E-state index contributed by atoms with van der Waals surface area (Å²) in [5, 5.41) is 9.61. The summed E-state index contributed by atoms with van der Waals surface area (Å²) in [6.45, 7) is 1.32. The monoisotopic (exact) mass is 461 g/mol. The van der Waals surface area contributed by atoms with Crippen molar-refractivity contribution in [1.82, 2.24) is 15.6 Å². The molecule has 0 radical (unpaired) electrons. The average molecular weight is 461 g/mol. The van der Waals surface area contributed by atoms with Crippen LogP contribution in [0.15, 0.2) is 34.6 Å². The Bertz CT molecular complexity index is 659. The van der Waals surface area contributed by atoms with Crippen LogP contribution in [0.1, 0.15) is 11.3 Å². The molecule has 0 aliphatic carbocycles. The summed E-state index contributed by atoms with van der Waals surface area (Å²) in [6, 6.07) is 7.96. The molecule has 0 unspecified atom stereocenters. The number of nitrogens with one attached hydrogen (secondary N) is 2. The van der Waals surface area contributed by atoms with Gasteiger partial charge in [0.1, 0.15) is 5.75 Å². The van der Waals surface area contributed by atoms with E-state index in [-0.39, 0.29) is 24.0 Å². The lowest BCUT2D eigenvalue weighted by Crippen LogP contribution is -2.36. The molecule has 0 aliphatic rings. The first-order valence-corrected chi connectivity index (χ1v) is 8.19. The maximum atomic E-state index is 5.23. The standard InChI is InChI=1S/C16H23N5OS.HI/c1-17-15(18-9-12-6-5-7-14(8-12)22-4)19-10-13-11-23-16(20-13)21(2)3;/h5-8,11H,9-10H2,1-4H3,(H2,17,18,19);1H. The summed E-state index contributed by atoms with van der Waals surface area (Å²) >= 11 is 1.63. The molecule has 8 heteroatoms. The minimum Gasteiger partial charge on any atom is -0.497 e. The molecule has 0 amide bonds. The molecule has 1 heterocycles. The molecule has 0 bridgehead atoms.